The van der Waals surface area contributed by atoms with Gasteiger partial charge in [0.2, 0.25) is 5.91 Å². The first-order chi connectivity index (χ1) is 18.7. The largest absolute Gasteiger partial charge is 0.335 e. The van der Waals surface area contributed by atoms with E-state index in [0.29, 0.717) is 22.9 Å². The maximum atomic E-state index is 12.6. The molecule has 0 radical (unpaired) electrons. The van der Waals surface area contributed by atoms with Crippen molar-refractivity contribution in [2.75, 3.05) is 5.32 Å². The smallest absolute Gasteiger partial charge is 0.227 e. The molecule has 0 bridgehead atoms. The minimum atomic E-state index is 0.0821. The third-order valence-corrected chi connectivity index (χ3v) is 7.24. The summed E-state index contributed by atoms with van der Waals surface area (Å²) in [4.78, 5) is 33.8. The molecule has 5 heterocycles. The third-order valence-electron chi connectivity index (χ3n) is 7.24. The van der Waals surface area contributed by atoms with Crippen molar-refractivity contribution < 1.29 is 4.79 Å². The normalized spacial score (nSPS) is 13.9. The van der Waals surface area contributed by atoms with Crippen LogP contribution in [0.15, 0.2) is 73.4 Å². The lowest BCUT2D eigenvalue weighted by molar-refractivity contribution is -0.119. The topological polar surface area (TPSA) is 125 Å². The Labute approximate surface area is 217 Å². The number of H-pyrrole nitrogens is 2. The number of aromatic amines is 2. The van der Waals surface area contributed by atoms with Crippen LogP contribution in [0, 0.1) is 5.92 Å². The SMILES string of the molecule is O=C(Nc1cncc(-c2ccc3[nH]nc(-c4nc5nccc(-c6ccncc6)c5[nH]4)c3c2)c1)C1CCCC1. The van der Waals surface area contributed by atoms with Gasteiger partial charge >= 0.3 is 0 Å². The Morgan fingerprint density at radius 2 is 1.76 bits per heavy atom. The minimum absolute atomic E-state index is 0.0821. The van der Waals surface area contributed by atoms with Gasteiger partial charge < -0.3 is 10.3 Å². The molecule has 0 aliphatic heterocycles. The van der Waals surface area contributed by atoms with Gasteiger partial charge in [0.15, 0.2) is 11.5 Å². The molecule has 186 valence electrons. The van der Waals surface area contributed by atoms with E-state index in [9.17, 15) is 4.79 Å². The molecule has 1 amide bonds. The lowest BCUT2D eigenvalue weighted by Crippen LogP contribution is -2.20. The molecule has 38 heavy (non-hydrogen) atoms. The Hall–Kier alpha value is -4.92. The zero-order valence-electron chi connectivity index (χ0n) is 20.5. The number of anilines is 1. The number of aromatic nitrogens is 7. The van der Waals surface area contributed by atoms with E-state index >= 15 is 0 Å². The van der Waals surface area contributed by atoms with Crippen LogP contribution >= 0.6 is 0 Å². The van der Waals surface area contributed by atoms with Gasteiger partial charge in [-0.2, -0.15) is 5.10 Å². The number of pyridine rings is 3. The van der Waals surface area contributed by atoms with Crippen LogP contribution in [0.4, 0.5) is 5.69 Å². The second kappa shape index (κ2) is 9.19. The summed E-state index contributed by atoms with van der Waals surface area (Å²) in [5.74, 6) is 0.813. The molecule has 1 saturated carbocycles. The van der Waals surface area contributed by atoms with E-state index in [1.807, 2.05) is 36.4 Å². The van der Waals surface area contributed by atoms with Gasteiger partial charge in [0.25, 0.3) is 0 Å². The molecule has 0 unspecified atom stereocenters. The van der Waals surface area contributed by atoms with Gasteiger partial charge in [-0.1, -0.05) is 18.9 Å². The summed E-state index contributed by atoms with van der Waals surface area (Å²) in [6.07, 6.45) is 13.0. The molecular weight excluding hydrogens is 476 g/mol. The van der Waals surface area contributed by atoms with Crippen molar-refractivity contribution in [3.63, 3.8) is 0 Å². The Balaban J connectivity index is 1.25. The van der Waals surface area contributed by atoms with Crippen molar-refractivity contribution in [2.24, 2.45) is 5.92 Å². The number of carbonyl (C=O) groups excluding carboxylic acids is 1. The van der Waals surface area contributed by atoms with E-state index in [1.165, 1.54) is 0 Å². The fourth-order valence-corrected chi connectivity index (χ4v) is 5.27. The highest BCUT2D eigenvalue weighted by Gasteiger charge is 2.23. The highest BCUT2D eigenvalue weighted by molar-refractivity contribution is 5.98. The summed E-state index contributed by atoms with van der Waals surface area (Å²) < 4.78 is 0. The molecule has 1 aliphatic rings. The van der Waals surface area contributed by atoms with Crippen molar-refractivity contribution in [3.05, 3.63) is 73.4 Å². The predicted octanol–water partition coefficient (Wildman–Crippen LogP) is 5.75. The van der Waals surface area contributed by atoms with Crippen LogP contribution in [0.1, 0.15) is 25.7 Å². The van der Waals surface area contributed by atoms with E-state index in [-0.39, 0.29) is 11.8 Å². The Morgan fingerprint density at radius 1 is 0.895 bits per heavy atom. The van der Waals surface area contributed by atoms with E-state index in [1.54, 1.807) is 31.0 Å². The van der Waals surface area contributed by atoms with Crippen molar-refractivity contribution in [3.8, 4) is 33.8 Å². The zero-order valence-corrected chi connectivity index (χ0v) is 20.5. The maximum absolute atomic E-state index is 12.6. The molecule has 1 aromatic carbocycles. The molecule has 3 N–H and O–H groups in total. The molecule has 9 heteroatoms. The molecule has 5 aromatic heterocycles. The van der Waals surface area contributed by atoms with Gasteiger partial charge in [0, 0.05) is 47.2 Å². The minimum Gasteiger partial charge on any atom is -0.335 e. The molecule has 7 rings (SSSR count). The molecule has 0 saturated heterocycles. The zero-order chi connectivity index (χ0) is 25.5. The van der Waals surface area contributed by atoms with Crippen LogP contribution in [-0.2, 0) is 4.79 Å². The summed E-state index contributed by atoms with van der Waals surface area (Å²) in [6, 6.07) is 13.9. The average Bonchev–Trinajstić information content (AvgIpc) is 3.73. The summed E-state index contributed by atoms with van der Waals surface area (Å²) in [5.41, 5.74) is 7.69. The first-order valence-corrected chi connectivity index (χ1v) is 12.7. The number of imidazole rings is 1. The van der Waals surface area contributed by atoms with Crippen molar-refractivity contribution in [2.45, 2.75) is 25.7 Å². The van der Waals surface area contributed by atoms with Crippen molar-refractivity contribution in [1.29, 1.82) is 0 Å². The molecule has 1 fully saturated rings. The number of nitrogens with one attached hydrogen (secondary N) is 3. The fraction of sp³-hybridized carbons (Fsp3) is 0.172. The average molecular weight is 501 g/mol. The maximum Gasteiger partial charge on any atom is 0.227 e. The summed E-state index contributed by atoms with van der Waals surface area (Å²) in [5, 5.41) is 11.7. The lowest BCUT2D eigenvalue weighted by atomic mass is 10.0. The molecule has 9 nitrogen and oxygen atoms in total. The van der Waals surface area contributed by atoms with Crippen LogP contribution in [0.25, 0.3) is 55.8 Å². The van der Waals surface area contributed by atoms with Crippen LogP contribution in [-0.4, -0.2) is 41.0 Å². The highest BCUT2D eigenvalue weighted by atomic mass is 16.1. The Bertz CT molecular complexity index is 1780. The first-order valence-electron chi connectivity index (χ1n) is 12.7. The lowest BCUT2D eigenvalue weighted by Gasteiger charge is -2.11. The molecule has 0 atom stereocenters. The second-order valence-corrected chi connectivity index (χ2v) is 9.64. The number of rotatable bonds is 5. The predicted molar refractivity (Wildman–Crippen MR) is 146 cm³/mol. The third kappa shape index (κ3) is 3.98. The Morgan fingerprint density at radius 3 is 2.63 bits per heavy atom. The number of amides is 1. The molecule has 0 spiro atoms. The number of hydrogen-bond donors (Lipinski definition) is 3. The van der Waals surface area contributed by atoms with Crippen LogP contribution in [0.3, 0.4) is 0 Å². The van der Waals surface area contributed by atoms with Gasteiger partial charge in [-0.05, 0) is 60.4 Å². The fourth-order valence-electron chi connectivity index (χ4n) is 5.27. The van der Waals surface area contributed by atoms with Crippen LogP contribution < -0.4 is 5.32 Å². The molecular formula is C29H24N8O. The molecule has 6 aromatic rings. The van der Waals surface area contributed by atoms with E-state index < -0.39 is 0 Å². The first kappa shape index (κ1) is 22.3. The monoisotopic (exact) mass is 500 g/mol. The quantitative estimate of drug-likeness (QED) is 0.277. The second-order valence-electron chi connectivity index (χ2n) is 9.64. The number of fused-ring (bicyclic) bond motifs is 2. The summed E-state index contributed by atoms with van der Waals surface area (Å²) in [6.45, 7) is 0. The van der Waals surface area contributed by atoms with Gasteiger partial charge in [-0.25, -0.2) is 9.97 Å². The van der Waals surface area contributed by atoms with E-state index in [2.05, 4.69) is 41.5 Å². The summed E-state index contributed by atoms with van der Waals surface area (Å²) in [7, 11) is 0. The number of carbonyl (C=O) groups is 1. The van der Waals surface area contributed by atoms with Gasteiger partial charge in [0.1, 0.15) is 5.69 Å². The number of benzene rings is 1. The standard InChI is InChI=1S/C29H24N8O/c38-29(18-3-1-2-4-18)33-21-13-20(15-31-16-21)19-5-6-24-23(14-19)26(37-36-24)28-34-25-22(9-12-32-27(25)35-28)17-7-10-30-11-8-17/h5-16,18H,1-4H2,(H,33,38)(H,36,37)(H,32,34,35). The van der Waals surface area contributed by atoms with Crippen LogP contribution in [0.5, 0.6) is 0 Å². The van der Waals surface area contributed by atoms with Crippen LogP contribution in [0.2, 0.25) is 0 Å². The van der Waals surface area contributed by atoms with Gasteiger partial charge in [0.05, 0.1) is 22.9 Å². The van der Waals surface area contributed by atoms with Crippen molar-refractivity contribution in [1.82, 2.24) is 35.1 Å². The van der Waals surface area contributed by atoms with E-state index in [4.69, 9.17) is 4.98 Å². The highest BCUT2D eigenvalue weighted by Crippen LogP contribution is 2.33. The number of nitrogens with zero attached hydrogens (tertiary/aromatic N) is 5. The van der Waals surface area contributed by atoms with E-state index in [0.717, 1.165) is 64.4 Å². The van der Waals surface area contributed by atoms with Gasteiger partial charge in [-0.15, -0.1) is 0 Å². The summed E-state index contributed by atoms with van der Waals surface area (Å²) >= 11 is 0. The number of hydrogen-bond acceptors (Lipinski definition) is 6. The Kier molecular flexibility index (Phi) is 5.39. The molecule has 1 aliphatic carbocycles. The van der Waals surface area contributed by atoms with Gasteiger partial charge in [-0.3, -0.25) is 19.9 Å². The van der Waals surface area contributed by atoms with Crippen molar-refractivity contribution >= 4 is 33.7 Å².